The molecule has 148 valence electrons. The number of benzene rings is 2. The minimum atomic E-state index is -4.47. The molecular formula is C16H14ClN3O6S2. The topological polar surface area (TPSA) is 147 Å². The summed E-state index contributed by atoms with van der Waals surface area (Å²) in [6.07, 6.45) is 0.973. The number of fused-ring (bicyclic) bond motifs is 1. The summed E-state index contributed by atoms with van der Waals surface area (Å²) in [5, 5.41) is 13.4. The van der Waals surface area contributed by atoms with E-state index in [0.717, 1.165) is 12.3 Å². The maximum Gasteiger partial charge on any atom is 0.294 e. The van der Waals surface area contributed by atoms with E-state index in [0.29, 0.717) is 16.5 Å². The van der Waals surface area contributed by atoms with E-state index in [1.165, 1.54) is 25.1 Å². The average molecular weight is 444 g/mol. The maximum atomic E-state index is 11.7. The molecule has 0 spiro atoms. The van der Waals surface area contributed by atoms with Gasteiger partial charge in [-0.05, 0) is 30.5 Å². The van der Waals surface area contributed by atoms with Gasteiger partial charge in [-0.3, -0.25) is 4.55 Å². The fourth-order valence-corrected chi connectivity index (χ4v) is 3.69. The predicted octanol–water partition coefficient (Wildman–Crippen LogP) is 2.69. The molecule has 12 heteroatoms. The van der Waals surface area contributed by atoms with Crippen molar-refractivity contribution in [3.63, 3.8) is 0 Å². The highest BCUT2D eigenvalue weighted by Crippen LogP contribution is 2.33. The Morgan fingerprint density at radius 3 is 2.36 bits per heavy atom. The van der Waals surface area contributed by atoms with Gasteiger partial charge < -0.3 is 10.4 Å². The summed E-state index contributed by atoms with van der Waals surface area (Å²) in [6.45, 7) is 1.53. The molecule has 3 N–H and O–H groups in total. The first-order valence-electron chi connectivity index (χ1n) is 7.62. The molecule has 0 unspecified atom stereocenters. The number of hydrogen-bond acceptors (Lipinski definition) is 8. The molecule has 0 aliphatic rings. The Morgan fingerprint density at radius 1 is 1.07 bits per heavy atom. The summed E-state index contributed by atoms with van der Waals surface area (Å²) in [4.78, 5) is 7.34. The maximum absolute atomic E-state index is 11.7. The summed E-state index contributed by atoms with van der Waals surface area (Å²) < 4.78 is 55.2. The minimum absolute atomic E-state index is 0.0583. The van der Waals surface area contributed by atoms with E-state index in [-0.39, 0.29) is 22.3 Å². The molecule has 0 amide bonds. The standard InChI is InChI=1S/C16H14ClN3O6S2/c1-8-14(17)15(20-16(18-8)27(2,22)23)19-10-4-3-9-5-11(28(24,25)26)7-13(21)12(9)6-10/h3-7,21H,1-2H3,(H,18,19,20)(H,24,25,26). The van der Waals surface area contributed by atoms with Gasteiger partial charge in [-0.2, -0.15) is 13.4 Å². The molecule has 0 fully saturated rings. The lowest BCUT2D eigenvalue weighted by Gasteiger charge is -2.12. The molecule has 0 aliphatic carbocycles. The highest BCUT2D eigenvalue weighted by atomic mass is 35.5. The summed E-state index contributed by atoms with van der Waals surface area (Å²) in [7, 11) is -8.13. The fraction of sp³-hybridized carbons (Fsp3) is 0.125. The summed E-state index contributed by atoms with van der Waals surface area (Å²) >= 11 is 6.16. The second-order valence-corrected chi connectivity index (χ2v) is 9.71. The van der Waals surface area contributed by atoms with Crippen molar-refractivity contribution in [2.75, 3.05) is 11.6 Å². The van der Waals surface area contributed by atoms with E-state index < -0.39 is 30.0 Å². The van der Waals surface area contributed by atoms with Crippen LogP contribution in [0.15, 0.2) is 40.4 Å². The van der Waals surface area contributed by atoms with Gasteiger partial charge in [-0.15, -0.1) is 0 Å². The van der Waals surface area contributed by atoms with E-state index in [2.05, 4.69) is 15.3 Å². The van der Waals surface area contributed by atoms with Crippen molar-refractivity contribution in [1.29, 1.82) is 0 Å². The fourth-order valence-electron chi connectivity index (χ4n) is 2.46. The van der Waals surface area contributed by atoms with Crippen molar-refractivity contribution >= 4 is 53.8 Å². The van der Waals surface area contributed by atoms with E-state index in [9.17, 15) is 21.9 Å². The summed E-state index contributed by atoms with van der Waals surface area (Å²) in [5.41, 5.74) is 0.669. The first-order chi connectivity index (χ1) is 12.9. The zero-order valence-corrected chi connectivity index (χ0v) is 16.9. The van der Waals surface area contributed by atoms with Crippen LogP contribution < -0.4 is 5.32 Å². The molecule has 0 bridgehead atoms. The van der Waals surface area contributed by atoms with Gasteiger partial charge in [0.15, 0.2) is 5.82 Å². The Hall–Kier alpha value is -2.47. The molecule has 0 saturated heterocycles. The molecule has 0 atom stereocenters. The number of nitrogens with zero attached hydrogens (tertiary/aromatic N) is 2. The second kappa shape index (κ2) is 6.85. The zero-order valence-electron chi connectivity index (χ0n) is 14.5. The SMILES string of the molecule is Cc1nc(S(C)(=O)=O)nc(Nc2ccc3cc(S(=O)(=O)O)cc(O)c3c2)c1Cl. The van der Waals surface area contributed by atoms with Crippen molar-refractivity contribution in [3.8, 4) is 5.75 Å². The van der Waals surface area contributed by atoms with E-state index in [1.54, 1.807) is 6.07 Å². The molecule has 0 saturated carbocycles. The first kappa shape index (κ1) is 20.3. The number of aromatic hydroxyl groups is 1. The monoisotopic (exact) mass is 443 g/mol. The molecule has 0 aliphatic heterocycles. The van der Waals surface area contributed by atoms with Crippen LogP contribution in [0, 0.1) is 6.92 Å². The number of phenols is 1. The molecule has 1 heterocycles. The smallest absolute Gasteiger partial charge is 0.294 e. The van der Waals surface area contributed by atoms with Crippen LogP contribution in [0.3, 0.4) is 0 Å². The lowest BCUT2D eigenvalue weighted by molar-refractivity contribution is 0.471. The summed E-state index contributed by atoms with van der Waals surface area (Å²) in [5.74, 6) is -0.307. The molecule has 3 rings (SSSR count). The largest absolute Gasteiger partial charge is 0.507 e. The Morgan fingerprint density at radius 2 is 1.75 bits per heavy atom. The Bertz CT molecular complexity index is 1320. The van der Waals surface area contributed by atoms with E-state index >= 15 is 0 Å². The molecule has 9 nitrogen and oxygen atoms in total. The third-order valence-corrected chi connectivity index (χ3v) is 5.92. The molecule has 2 aromatic carbocycles. The van der Waals surface area contributed by atoms with Gasteiger partial charge in [-0.25, -0.2) is 13.4 Å². The molecule has 28 heavy (non-hydrogen) atoms. The van der Waals surface area contributed by atoms with Gasteiger partial charge in [0.05, 0.1) is 10.6 Å². The third-order valence-electron chi connectivity index (χ3n) is 3.79. The highest BCUT2D eigenvalue weighted by molar-refractivity contribution is 7.90. The van der Waals surface area contributed by atoms with E-state index in [1.807, 2.05) is 0 Å². The van der Waals surface area contributed by atoms with Crippen LogP contribution in [0.25, 0.3) is 10.8 Å². The van der Waals surface area contributed by atoms with Crippen molar-refractivity contribution in [2.24, 2.45) is 0 Å². The summed E-state index contributed by atoms with van der Waals surface area (Å²) in [6, 6.07) is 6.67. The highest BCUT2D eigenvalue weighted by Gasteiger charge is 2.18. The van der Waals surface area contributed by atoms with Crippen LogP contribution in [0.5, 0.6) is 5.75 Å². The van der Waals surface area contributed by atoms with Gasteiger partial charge in [0.1, 0.15) is 10.8 Å². The quantitative estimate of drug-likeness (QED) is 0.409. The molecule has 3 aromatic rings. The van der Waals surface area contributed by atoms with Gasteiger partial charge in [0.25, 0.3) is 10.1 Å². The van der Waals surface area contributed by atoms with Gasteiger partial charge >= 0.3 is 0 Å². The van der Waals surface area contributed by atoms with Crippen molar-refractivity contribution in [2.45, 2.75) is 17.0 Å². The van der Waals surface area contributed by atoms with Crippen LogP contribution in [0.1, 0.15) is 5.69 Å². The average Bonchev–Trinajstić information content (AvgIpc) is 2.57. The number of aromatic nitrogens is 2. The number of phenolic OH excluding ortho intramolecular Hbond substituents is 1. The number of nitrogens with one attached hydrogen (secondary N) is 1. The Balaban J connectivity index is 2.09. The number of anilines is 2. The number of rotatable bonds is 4. The molecule has 0 radical (unpaired) electrons. The van der Waals surface area contributed by atoms with Crippen LogP contribution in [0.2, 0.25) is 5.02 Å². The zero-order chi connectivity index (χ0) is 20.9. The lowest BCUT2D eigenvalue weighted by Crippen LogP contribution is -2.08. The number of aryl methyl sites for hydroxylation is 1. The normalized spacial score (nSPS) is 12.3. The third kappa shape index (κ3) is 4.02. The number of halogens is 1. The van der Waals surface area contributed by atoms with Crippen LogP contribution in [0.4, 0.5) is 11.5 Å². The first-order valence-corrected chi connectivity index (χ1v) is 11.3. The predicted molar refractivity (Wildman–Crippen MR) is 104 cm³/mol. The molecular weight excluding hydrogens is 430 g/mol. The number of sulfone groups is 1. The van der Waals surface area contributed by atoms with Crippen LogP contribution >= 0.6 is 11.6 Å². The van der Waals surface area contributed by atoms with Crippen molar-refractivity contribution in [3.05, 3.63) is 41.0 Å². The van der Waals surface area contributed by atoms with E-state index in [4.69, 9.17) is 16.2 Å². The van der Waals surface area contributed by atoms with Crippen LogP contribution in [-0.2, 0) is 20.0 Å². The van der Waals surface area contributed by atoms with Crippen molar-refractivity contribution in [1.82, 2.24) is 9.97 Å². The minimum Gasteiger partial charge on any atom is -0.507 e. The lowest BCUT2D eigenvalue weighted by atomic mass is 10.1. The Kier molecular flexibility index (Phi) is 4.96. The number of hydrogen-bond donors (Lipinski definition) is 3. The van der Waals surface area contributed by atoms with Gasteiger partial charge in [0.2, 0.25) is 15.0 Å². The van der Waals surface area contributed by atoms with Gasteiger partial charge in [0, 0.05) is 23.4 Å². The second-order valence-electron chi connectivity index (χ2n) is 6.00. The Labute approximate surface area is 165 Å². The van der Waals surface area contributed by atoms with Crippen LogP contribution in [-0.4, -0.2) is 42.7 Å². The molecule has 1 aromatic heterocycles. The van der Waals surface area contributed by atoms with Gasteiger partial charge in [-0.1, -0.05) is 17.7 Å². The van der Waals surface area contributed by atoms with Crippen molar-refractivity contribution < 1.29 is 26.5 Å².